The number of hydrogen-bond donors (Lipinski definition) is 0. The van der Waals surface area contributed by atoms with Gasteiger partial charge in [-0.3, -0.25) is 0 Å². The summed E-state index contributed by atoms with van der Waals surface area (Å²) in [4.78, 5) is 4.81. The molecule has 8 aromatic carbocycles. The van der Waals surface area contributed by atoms with Crippen LogP contribution in [0, 0.1) is 20.8 Å². The zero-order valence-electron chi connectivity index (χ0n) is 36.0. The van der Waals surface area contributed by atoms with Crippen LogP contribution in [0.4, 0.5) is 34.1 Å². The Labute approximate surface area is 340 Å². The zero-order valence-corrected chi connectivity index (χ0v) is 34.0. The van der Waals surface area contributed by atoms with Gasteiger partial charge in [-0.1, -0.05) is 129 Å². The Morgan fingerprint density at radius 2 is 0.772 bits per heavy atom. The van der Waals surface area contributed by atoms with Crippen molar-refractivity contribution in [2.75, 3.05) is 9.80 Å². The molecule has 2 aliphatic rings. The van der Waals surface area contributed by atoms with Gasteiger partial charge in [0.05, 0.1) is 5.69 Å². The van der Waals surface area contributed by atoms with Crippen LogP contribution in [-0.2, 0) is 10.8 Å². The molecule has 280 valence electrons. The van der Waals surface area contributed by atoms with Gasteiger partial charge in [-0.2, -0.15) is 0 Å². The molecule has 0 spiro atoms. The molecule has 0 radical (unpaired) electrons. The first-order valence-electron chi connectivity index (χ1n) is 21.3. The van der Waals surface area contributed by atoms with Gasteiger partial charge in [-0.25, -0.2) is 0 Å². The Morgan fingerprint density at radius 3 is 1.32 bits per heavy atom. The lowest BCUT2D eigenvalue weighted by Gasteiger charge is -2.31. The number of benzene rings is 8. The molecule has 0 aliphatic heterocycles. The fourth-order valence-corrected chi connectivity index (χ4v) is 9.65. The van der Waals surface area contributed by atoms with Crippen LogP contribution in [0.2, 0.25) is 0 Å². The molecule has 0 saturated heterocycles. The molecule has 10 rings (SSSR count). The molecule has 0 fully saturated rings. The number of anilines is 6. The summed E-state index contributed by atoms with van der Waals surface area (Å²) in [6.07, 6.45) is 0. The van der Waals surface area contributed by atoms with Gasteiger partial charge >= 0.3 is 0 Å². The van der Waals surface area contributed by atoms with Crippen molar-refractivity contribution in [2.45, 2.75) is 59.3 Å². The van der Waals surface area contributed by atoms with E-state index in [1.54, 1.807) is 0 Å². The molecular formula is C55H50N2. The number of aryl methyl sites for hydroxylation is 3. The van der Waals surface area contributed by atoms with Crippen molar-refractivity contribution in [3.8, 4) is 22.3 Å². The Morgan fingerprint density at radius 1 is 0.368 bits per heavy atom. The fraction of sp³-hybridized carbons (Fsp3) is 0.164. The van der Waals surface area contributed by atoms with E-state index in [1.165, 1.54) is 77.7 Å². The Hall–Kier alpha value is -6.38. The lowest BCUT2D eigenvalue weighted by molar-refractivity contribution is 0.652. The highest BCUT2D eigenvalue weighted by atomic mass is 15.2. The largest absolute Gasteiger partial charge is 0.311 e. The average Bonchev–Trinajstić information content (AvgIpc) is 3.62. The highest BCUT2D eigenvalue weighted by Gasteiger charge is 2.42. The summed E-state index contributed by atoms with van der Waals surface area (Å²) >= 11 is 0. The summed E-state index contributed by atoms with van der Waals surface area (Å²) in [6.45, 7) is 16.1. The summed E-state index contributed by atoms with van der Waals surface area (Å²) in [5, 5.41) is 2.54. The molecule has 8 aromatic rings. The van der Waals surface area contributed by atoms with Gasteiger partial charge in [-0.15, -0.1) is 0 Å². The molecule has 0 unspecified atom stereocenters. The van der Waals surface area contributed by atoms with Crippen molar-refractivity contribution < 1.29 is 2.97 Å². The van der Waals surface area contributed by atoms with E-state index in [0.29, 0.717) is 0 Å². The van der Waals surface area contributed by atoms with Crippen LogP contribution in [0.1, 0.15) is 69.6 Å². The van der Waals surface area contributed by atoms with Crippen LogP contribution >= 0.6 is 0 Å². The summed E-state index contributed by atoms with van der Waals surface area (Å²) < 4.78 is 10.0. The van der Waals surface area contributed by atoms with Gasteiger partial charge in [0.1, 0.15) is 0 Å². The minimum atomic E-state index is -0.203. The quantitative estimate of drug-likeness (QED) is 0.167. The topological polar surface area (TPSA) is 6.48 Å². The predicted octanol–water partition coefficient (Wildman–Crippen LogP) is 15.6. The molecule has 0 saturated carbocycles. The van der Waals surface area contributed by atoms with E-state index < -0.39 is 0 Å². The zero-order chi connectivity index (χ0) is 41.2. The monoisotopic (exact) mass is 740 g/mol. The minimum Gasteiger partial charge on any atom is -0.311 e. The molecule has 2 aliphatic carbocycles. The molecule has 0 bridgehead atoms. The van der Waals surface area contributed by atoms with Crippen molar-refractivity contribution in [2.24, 2.45) is 0 Å². The van der Waals surface area contributed by atoms with Crippen molar-refractivity contribution in [1.82, 2.24) is 0 Å². The van der Waals surface area contributed by atoms with E-state index in [2.05, 4.69) is 222 Å². The highest BCUT2D eigenvalue weighted by Crippen LogP contribution is 2.59. The molecular weight excluding hydrogens is 689 g/mol. The van der Waals surface area contributed by atoms with Gasteiger partial charge in [0.25, 0.3) is 0 Å². The van der Waals surface area contributed by atoms with Crippen molar-refractivity contribution >= 4 is 44.9 Å². The summed E-state index contributed by atoms with van der Waals surface area (Å²) in [5.41, 5.74) is 21.4. The maximum atomic E-state index is 5.00. The maximum absolute atomic E-state index is 5.00. The summed E-state index contributed by atoms with van der Waals surface area (Å²) in [5.74, 6) is 0. The Balaban J connectivity index is 0.00000221. The average molecular weight is 741 g/mol. The molecule has 57 heavy (non-hydrogen) atoms. The number of rotatable bonds is 6. The van der Waals surface area contributed by atoms with E-state index in [0.717, 1.165) is 28.4 Å². The van der Waals surface area contributed by atoms with Crippen molar-refractivity contribution in [1.29, 1.82) is 0 Å². The van der Waals surface area contributed by atoms with Crippen LogP contribution in [-0.4, -0.2) is 0 Å². The van der Waals surface area contributed by atoms with E-state index >= 15 is 0 Å². The first-order valence-corrected chi connectivity index (χ1v) is 20.3. The Bertz CT molecular complexity index is 2810. The number of hydrogen-bond acceptors (Lipinski definition) is 2. The number of fused-ring (bicyclic) bond motifs is 8. The van der Waals surface area contributed by atoms with E-state index in [4.69, 9.17) is 2.97 Å². The molecule has 0 atom stereocenters. The van der Waals surface area contributed by atoms with Crippen LogP contribution in [0.15, 0.2) is 164 Å². The molecule has 2 nitrogen and oxygen atoms in total. The van der Waals surface area contributed by atoms with Crippen molar-refractivity contribution in [3.63, 3.8) is 0 Å². The van der Waals surface area contributed by atoms with Crippen molar-refractivity contribution in [3.05, 3.63) is 203 Å². The lowest BCUT2D eigenvalue weighted by atomic mass is 9.79. The smallest absolute Gasteiger partial charge is 0.0543 e. The highest BCUT2D eigenvalue weighted by molar-refractivity contribution is 6.10. The first-order chi connectivity index (χ1) is 28.5. The molecule has 0 heterocycles. The third-order valence-electron chi connectivity index (χ3n) is 12.8. The van der Waals surface area contributed by atoms with Gasteiger partial charge in [0, 0.05) is 47.6 Å². The van der Waals surface area contributed by atoms with Crippen LogP contribution in [0.25, 0.3) is 33.0 Å². The second kappa shape index (κ2) is 12.8. The molecule has 0 amide bonds. The third-order valence-corrected chi connectivity index (χ3v) is 12.8. The Kier molecular flexibility index (Phi) is 7.63. The fourth-order valence-electron chi connectivity index (χ4n) is 9.65. The lowest BCUT2D eigenvalue weighted by Crippen LogP contribution is -2.18. The second-order valence-electron chi connectivity index (χ2n) is 17.3. The normalized spacial score (nSPS) is 14.3. The molecule has 2 heteroatoms. The standard InChI is InChI=1S/C55H48N2.H2/c1-35-16-22-38(23-17-35)56(39-24-18-36(2)19-25-39)40-28-30-42(31-29-40)57(41-26-20-37(3)21-27-41)52-34-51-53(45-14-9-8-13-44(45)52)47-33-49-46(32-50(47)55(51,6)7)43-12-10-11-15-48(43)54(49,4)5;/h8-34H,1-7H3;1H/i;1+1D. The van der Waals surface area contributed by atoms with Gasteiger partial charge < -0.3 is 9.80 Å². The van der Waals surface area contributed by atoms with E-state index in [1.807, 2.05) is 0 Å². The van der Waals surface area contributed by atoms with E-state index in [9.17, 15) is 0 Å². The molecule has 0 aromatic heterocycles. The number of nitrogens with zero attached hydrogens (tertiary/aromatic N) is 2. The van der Waals surface area contributed by atoms with Gasteiger partial charge in [0.2, 0.25) is 0 Å². The summed E-state index contributed by atoms with van der Waals surface area (Å²) in [7, 11) is 0. The third kappa shape index (κ3) is 5.46. The minimum absolute atomic E-state index is 0.0630. The SMILES string of the molecule is Cc1ccc(N(c2ccc(C)cc2)c2ccc(N(c3ccc(C)cc3)c3cc4c(c5ccccc35)-c3cc5c(cc3C4(C)C)-c3ccccc3C5(C)C)cc2)cc1.[2H][2H]. The van der Waals surface area contributed by atoms with E-state index in [-0.39, 0.29) is 10.8 Å². The first kappa shape index (κ1) is 33.9. The van der Waals surface area contributed by atoms with Gasteiger partial charge in [-0.05, 0) is 150 Å². The summed E-state index contributed by atoms with van der Waals surface area (Å²) in [6, 6.07) is 61.3. The van der Waals surface area contributed by atoms with Crippen LogP contribution in [0.5, 0.6) is 0 Å². The predicted molar refractivity (Wildman–Crippen MR) is 245 cm³/mol. The maximum Gasteiger partial charge on any atom is 0.0543 e. The second-order valence-corrected chi connectivity index (χ2v) is 17.3. The van der Waals surface area contributed by atoms with Crippen LogP contribution < -0.4 is 9.80 Å². The van der Waals surface area contributed by atoms with Gasteiger partial charge in [0.15, 0.2) is 0 Å². The van der Waals surface area contributed by atoms with Crippen LogP contribution in [0.3, 0.4) is 0 Å². The molecule has 0 N–H and O–H groups in total.